The molecule has 1 heterocycles. The number of alkyl carbamates (subject to hydrolysis) is 1. The van der Waals surface area contributed by atoms with E-state index in [4.69, 9.17) is 24.7 Å². The van der Waals surface area contributed by atoms with E-state index in [0.717, 1.165) is 16.7 Å². The van der Waals surface area contributed by atoms with Crippen molar-refractivity contribution in [1.82, 2.24) is 20.9 Å². The number of hydrogen-bond acceptors (Lipinski definition) is 11. The number of benzene rings is 4. The number of ether oxygens (including phenoxy) is 4. The lowest BCUT2D eigenvalue weighted by atomic mass is 9.80. The van der Waals surface area contributed by atoms with Gasteiger partial charge in [-0.05, 0) is 68.7 Å². The molecule has 0 spiro atoms. The molecule has 5 N–H and O–H groups in total. The summed E-state index contributed by atoms with van der Waals surface area (Å²) in [5.41, 5.74) is 7.55. The number of carbonyl (C=O) groups excluding carboxylic acids is 6. The number of ketones is 1. The number of unbranched alkanes of at least 4 members (excludes halogenated alkanes) is 1. The second-order valence-corrected chi connectivity index (χ2v) is 17.7. The number of morpholine rings is 1. The standard InChI is InChI=1S/C52H65N5O10/c1-51(2,3)67-50(63)54-35-42(46(53)48(61)55-43(32-39-21-10-5-11-22-39)47(60)56-49(62)57-28-30-64-31-29-57)33-44(58)52(34-40-23-12-6-13-24-40,27-17-16-20-38-18-8-4-9-19-38)66-45(59)37-65-36-41-25-14-7-15-26-41/h4-15,18-19,21-26,42-43,46H,16-17,20,27-37,53H2,1-3H3,(H,54,63)(H,55,61)(H,56,60,62). The molecule has 67 heavy (non-hydrogen) atoms. The Hall–Kier alpha value is -6.42. The zero-order valence-electron chi connectivity index (χ0n) is 38.8. The van der Waals surface area contributed by atoms with E-state index in [1.165, 1.54) is 4.90 Å². The highest BCUT2D eigenvalue weighted by molar-refractivity contribution is 5.99. The predicted molar refractivity (Wildman–Crippen MR) is 252 cm³/mol. The summed E-state index contributed by atoms with van der Waals surface area (Å²) in [5.74, 6) is -3.97. The van der Waals surface area contributed by atoms with E-state index in [1.807, 2.05) is 97.1 Å². The third-order valence-corrected chi connectivity index (χ3v) is 11.2. The number of rotatable bonds is 23. The lowest BCUT2D eigenvalue weighted by Crippen LogP contribution is -2.58. The number of urea groups is 1. The summed E-state index contributed by atoms with van der Waals surface area (Å²) in [6.07, 6.45) is 0.770. The number of esters is 1. The molecule has 0 bridgehead atoms. The molecule has 4 aromatic rings. The molecule has 15 nitrogen and oxygen atoms in total. The molecule has 15 heteroatoms. The highest BCUT2D eigenvalue weighted by Crippen LogP contribution is 2.31. The third-order valence-electron chi connectivity index (χ3n) is 11.2. The van der Waals surface area contributed by atoms with Crippen LogP contribution in [0.4, 0.5) is 9.59 Å². The van der Waals surface area contributed by atoms with Crippen LogP contribution in [0.5, 0.6) is 0 Å². The van der Waals surface area contributed by atoms with Gasteiger partial charge in [0.05, 0.1) is 25.9 Å². The maximum absolute atomic E-state index is 15.3. The van der Waals surface area contributed by atoms with Gasteiger partial charge in [-0.3, -0.25) is 19.7 Å². The molecule has 1 fully saturated rings. The monoisotopic (exact) mass is 919 g/mol. The number of aryl methyl sites for hydroxylation is 1. The second-order valence-electron chi connectivity index (χ2n) is 17.7. The summed E-state index contributed by atoms with van der Waals surface area (Å²) >= 11 is 0. The molecule has 0 saturated carbocycles. The van der Waals surface area contributed by atoms with Crippen molar-refractivity contribution in [2.75, 3.05) is 39.5 Å². The number of amides is 5. The van der Waals surface area contributed by atoms with Gasteiger partial charge in [0.1, 0.15) is 18.2 Å². The fourth-order valence-electron chi connectivity index (χ4n) is 7.71. The molecule has 0 aromatic heterocycles. The van der Waals surface area contributed by atoms with E-state index in [2.05, 4.69) is 16.0 Å². The molecular weight excluding hydrogens is 855 g/mol. The Kier molecular flexibility index (Phi) is 20.1. The summed E-state index contributed by atoms with van der Waals surface area (Å²) in [6.45, 7) is 5.70. The van der Waals surface area contributed by atoms with Crippen LogP contribution in [0, 0.1) is 5.92 Å². The molecule has 5 rings (SSSR count). The topological polar surface area (TPSA) is 205 Å². The minimum Gasteiger partial charge on any atom is -0.449 e. The van der Waals surface area contributed by atoms with Gasteiger partial charge in [0.2, 0.25) is 5.91 Å². The van der Waals surface area contributed by atoms with Gasteiger partial charge in [-0.25, -0.2) is 14.4 Å². The first-order valence-corrected chi connectivity index (χ1v) is 22.9. The van der Waals surface area contributed by atoms with Crippen molar-refractivity contribution >= 4 is 35.7 Å². The van der Waals surface area contributed by atoms with Crippen LogP contribution in [0.25, 0.3) is 0 Å². The Morgan fingerprint density at radius 2 is 1.28 bits per heavy atom. The Morgan fingerprint density at radius 1 is 0.716 bits per heavy atom. The first-order chi connectivity index (χ1) is 32.2. The minimum absolute atomic E-state index is 0.00652. The minimum atomic E-state index is -1.75. The maximum atomic E-state index is 15.3. The molecule has 1 saturated heterocycles. The average Bonchev–Trinajstić information content (AvgIpc) is 3.32. The average molecular weight is 920 g/mol. The molecule has 4 atom stereocenters. The maximum Gasteiger partial charge on any atom is 0.407 e. The van der Waals surface area contributed by atoms with Crippen LogP contribution in [0.1, 0.15) is 68.7 Å². The summed E-state index contributed by atoms with van der Waals surface area (Å²) in [6, 6.07) is 34.0. The first kappa shape index (κ1) is 51.6. The Balaban J connectivity index is 1.44. The van der Waals surface area contributed by atoms with Crippen LogP contribution in [0.3, 0.4) is 0 Å². The van der Waals surface area contributed by atoms with E-state index in [-0.39, 0.29) is 45.5 Å². The van der Waals surface area contributed by atoms with Crippen molar-refractivity contribution in [3.63, 3.8) is 0 Å². The van der Waals surface area contributed by atoms with E-state index in [0.29, 0.717) is 38.0 Å². The van der Waals surface area contributed by atoms with Gasteiger partial charge in [-0.15, -0.1) is 0 Å². The SMILES string of the molecule is CC(C)(C)OC(=O)NCC(CC(=O)C(CCCCc1ccccc1)(Cc1ccccc1)OC(=O)COCc1ccccc1)C(N)C(=O)NC(Cc1ccccc1)C(=O)NC(=O)N1CCOCC1. The lowest BCUT2D eigenvalue weighted by Gasteiger charge is -2.35. The quantitative estimate of drug-likeness (QED) is 0.0512. The molecule has 5 amide bonds. The van der Waals surface area contributed by atoms with E-state index in [9.17, 15) is 24.0 Å². The number of Topliss-reactive ketones (excluding diaryl/α,β-unsaturated/α-hetero) is 1. The largest absolute Gasteiger partial charge is 0.449 e. The Morgan fingerprint density at radius 3 is 1.88 bits per heavy atom. The molecule has 1 aliphatic rings. The van der Waals surface area contributed by atoms with Gasteiger partial charge < -0.3 is 40.2 Å². The van der Waals surface area contributed by atoms with Crippen LogP contribution in [0.15, 0.2) is 121 Å². The zero-order chi connectivity index (χ0) is 48.1. The Bertz CT molecular complexity index is 2180. The van der Waals surface area contributed by atoms with E-state index < -0.39 is 77.9 Å². The second kappa shape index (κ2) is 26.1. The smallest absolute Gasteiger partial charge is 0.407 e. The van der Waals surface area contributed by atoms with Crippen LogP contribution < -0.4 is 21.7 Å². The number of imide groups is 1. The van der Waals surface area contributed by atoms with Crippen molar-refractivity contribution in [3.8, 4) is 0 Å². The van der Waals surface area contributed by atoms with Gasteiger partial charge in [-0.2, -0.15) is 0 Å². The first-order valence-electron chi connectivity index (χ1n) is 22.9. The molecule has 0 radical (unpaired) electrons. The van der Waals surface area contributed by atoms with Crippen molar-refractivity contribution < 1.29 is 47.7 Å². The van der Waals surface area contributed by atoms with E-state index >= 15 is 4.79 Å². The number of nitrogens with one attached hydrogen (secondary N) is 3. The zero-order valence-corrected chi connectivity index (χ0v) is 38.8. The number of nitrogens with two attached hydrogens (primary N) is 1. The summed E-state index contributed by atoms with van der Waals surface area (Å²) < 4.78 is 22.9. The third kappa shape index (κ3) is 17.7. The molecule has 0 aliphatic carbocycles. The molecule has 358 valence electrons. The van der Waals surface area contributed by atoms with Crippen molar-refractivity contribution in [2.24, 2.45) is 11.7 Å². The highest BCUT2D eigenvalue weighted by Gasteiger charge is 2.44. The van der Waals surface area contributed by atoms with Crippen molar-refractivity contribution in [1.29, 1.82) is 0 Å². The number of carbonyl (C=O) groups is 6. The summed E-state index contributed by atoms with van der Waals surface area (Å²) in [4.78, 5) is 84.9. The van der Waals surface area contributed by atoms with Crippen LogP contribution in [-0.4, -0.2) is 103 Å². The highest BCUT2D eigenvalue weighted by atomic mass is 16.6. The summed E-state index contributed by atoms with van der Waals surface area (Å²) in [7, 11) is 0. The van der Waals surface area contributed by atoms with Crippen LogP contribution in [-0.2, 0) is 64.0 Å². The number of hydrogen-bond donors (Lipinski definition) is 4. The molecular formula is C52H65N5O10. The van der Waals surface area contributed by atoms with Crippen molar-refractivity contribution in [3.05, 3.63) is 144 Å². The van der Waals surface area contributed by atoms with Gasteiger partial charge in [0.25, 0.3) is 5.91 Å². The molecule has 4 unspecified atom stereocenters. The fourth-order valence-corrected chi connectivity index (χ4v) is 7.71. The van der Waals surface area contributed by atoms with Crippen molar-refractivity contribution in [2.45, 2.75) is 95.6 Å². The lowest BCUT2D eigenvalue weighted by molar-refractivity contribution is -0.173. The molecule has 1 aliphatic heterocycles. The van der Waals surface area contributed by atoms with Crippen LogP contribution >= 0.6 is 0 Å². The molecule has 4 aromatic carbocycles. The fraction of sp³-hybridized carbons (Fsp3) is 0.423. The van der Waals surface area contributed by atoms with Crippen LogP contribution in [0.2, 0.25) is 0 Å². The van der Waals surface area contributed by atoms with Gasteiger partial charge in [-0.1, -0.05) is 121 Å². The van der Waals surface area contributed by atoms with Gasteiger partial charge in [0, 0.05) is 44.8 Å². The van der Waals surface area contributed by atoms with Gasteiger partial charge >= 0.3 is 18.1 Å². The Labute approximate surface area is 393 Å². The number of nitrogens with zero attached hydrogens (tertiary/aromatic N) is 1. The van der Waals surface area contributed by atoms with Gasteiger partial charge in [0.15, 0.2) is 11.4 Å². The van der Waals surface area contributed by atoms with E-state index in [1.54, 1.807) is 45.0 Å². The predicted octanol–water partition coefficient (Wildman–Crippen LogP) is 5.86. The normalized spacial score (nSPS) is 14.9. The summed E-state index contributed by atoms with van der Waals surface area (Å²) in [5, 5.41) is 7.81.